The van der Waals surface area contributed by atoms with Gasteiger partial charge in [-0.05, 0) is 23.8 Å². The quantitative estimate of drug-likeness (QED) is 0.826. The number of hydrogen-bond acceptors (Lipinski definition) is 3. The number of carbonyl (C=O) groups is 2. The average molecular weight is 335 g/mol. The molecule has 0 saturated heterocycles. The molecule has 0 heterocycles. The summed E-state index contributed by atoms with van der Waals surface area (Å²) in [6.45, 7) is 0. The number of thioether (sulfide) groups is 1. The Labute approximate surface area is 138 Å². The fourth-order valence-corrected chi connectivity index (χ4v) is 2.68. The van der Waals surface area contributed by atoms with E-state index in [9.17, 15) is 9.59 Å². The molecule has 0 atom stereocenters. The number of rotatable bonds is 5. The molecule has 0 aromatic heterocycles. The lowest BCUT2D eigenvalue weighted by molar-refractivity contribution is -0.119. The molecule has 22 heavy (non-hydrogen) atoms. The Balaban J connectivity index is 1.70. The zero-order valence-corrected chi connectivity index (χ0v) is 13.3. The molecule has 0 radical (unpaired) electrons. The Kier molecular flexibility index (Phi) is 6.30. The minimum atomic E-state index is -0.399. The summed E-state index contributed by atoms with van der Waals surface area (Å²) in [7, 11) is 0. The first-order chi connectivity index (χ1) is 10.6. The summed E-state index contributed by atoms with van der Waals surface area (Å²) in [5.41, 5.74) is 6.30. The molecule has 0 unspecified atom stereocenters. The summed E-state index contributed by atoms with van der Waals surface area (Å²) >= 11 is 7.29. The summed E-state index contributed by atoms with van der Waals surface area (Å²) in [5.74, 6) is 0.363. The lowest BCUT2D eigenvalue weighted by atomic mass is 10.2. The standard InChI is InChI=1S/C16H15ClN2O2S/c17-14-8-4-7-13(9-14)16(21)19-18-15(20)11-22-10-12-5-2-1-3-6-12/h1-9H,10-11H2,(H,18,20)(H,19,21). The predicted molar refractivity (Wildman–Crippen MR) is 89.7 cm³/mol. The highest BCUT2D eigenvalue weighted by Crippen LogP contribution is 2.11. The molecule has 2 aromatic rings. The summed E-state index contributed by atoms with van der Waals surface area (Å²) in [4.78, 5) is 23.5. The smallest absolute Gasteiger partial charge is 0.269 e. The minimum Gasteiger partial charge on any atom is -0.272 e. The molecule has 2 amide bonds. The summed E-state index contributed by atoms with van der Waals surface area (Å²) in [5, 5.41) is 0.470. The molecule has 0 aliphatic heterocycles. The monoisotopic (exact) mass is 334 g/mol. The summed E-state index contributed by atoms with van der Waals surface area (Å²) < 4.78 is 0. The first-order valence-corrected chi connectivity index (χ1v) is 8.15. The Bertz CT molecular complexity index is 650. The van der Waals surface area contributed by atoms with Crippen molar-refractivity contribution >= 4 is 35.2 Å². The van der Waals surface area contributed by atoms with Gasteiger partial charge in [0, 0.05) is 16.3 Å². The topological polar surface area (TPSA) is 58.2 Å². The first kappa shape index (κ1) is 16.4. The third-order valence-corrected chi connectivity index (χ3v) is 3.99. The van der Waals surface area contributed by atoms with Gasteiger partial charge in [0.1, 0.15) is 0 Å². The Hall–Kier alpha value is -1.98. The fraction of sp³-hybridized carbons (Fsp3) is 0.125. The van der Waals surface area contributed by atoms with E-state index in [1.165, 1.54) is 17.8 Å². The first-order valence-electron chi connectivity index (χ1n) is 6.61. The predicted octanol–water partition coefficient (Wildman–Crippen LogP) is 3.03. The van der Waals surface area contributed by atoms with Crippen LogP contribution in [0.2, 0.25) is 5.02 Å². The van der Waals surface area contributed by atoms with E-state index in [0.29, 0.717) is 10.6 Å². The van der Waals surface area contributed by atoms with Crippen LogP contribution in [0.1, 0.15) is 15.9 Å². The number of hydrazine groups is 1. The highest BCUT2D eigenvalue weighted by molar-refractivity contribution is 7.99. The van der Waals surface area contributed by atoms with Gasteiger partial charge in [-0.1, -0.05) is 48.0 Å². The highest BCUT2D eigenvalue weighted by atomic mass is 35.5. The van der Waals surface area contributed by atoms with Crippen LogP contribution in [0.3, 0.4) is 0 Å². The van der Waals surface area contributed by atoms with E-state index in [1.54, 1.807) is 18.2 Å². The molecule has 0 aliphatic carbocycles. The number of benzene rings is 2. The van der Waals surface area contributed by atoms with Crippen LogP contribution in [0.25, 0.3) is 0 Å². The van der Waals surface area contributed by atoms with Crippen molar-refractivity contribution in [1.29, 1.82) is 0 Å². The van der Waals surface area contributed by atoms with Gasteiger partial charge in [-0.25, -0.2) is 0 Å². The van der Waals surface area contributed by atoms with Crippen LogP contribution in [0.4, 0.5) is 0 Å². The molecule has 2 N–H and O–H groups in total. The van der Waals surface area contributed by atoms with Crippen molar-refractivity contribution in [2.45, 2.75) is 5.75 Å². The van der Waals surface area contributed by atoms with Crippen molar-refractivity contribution in [2.75, 3.05) is 5.75 Å². The zero-order chi connectivity index (χ0) is 15.8. The van der Waals surface area contributed by atoms with Crippen molar-refractivity contribution in [1.82, 2.24) is 10.9 Å². The van der Waals surface area contributed by atoms with Crippen LogP contribution in [0, 0.1) is 0 Å². The second kappa shape index (κ2) is 8.46. The van der Waals surface area contributed by atoms with E-state index in [1.807, 2.05) is 30.3 Å². The molecule has 0 spiro atoms. The van der Waals surface area contributed by atoms with Gasteiger partial charge in [-0.3, -0.25) is 20.4 Å². The van der Waals surface area contributed by atoms with E-state index in [0.717, 1.165) is 11.3 Å². The molecule has 2 aromatic carbocycles. The number of nitrogens with one attached hydrogen (secondary N) is 2. The SMILES string of the molecule is O=C(CSCc1ccccc1)NNC(=O)c1cccc(Cl)c1. The highest BCUT2D eigenvalue weighted by Gasteiger charge is 2.07. The van der Waals surface area contributed by atoms with Crippen LogP contribution in [-0.4, -0.2) is 17.6 Å². The van der Waals surface area contributed by atoms with Gasteiger partial charge in [0.05, 0.1) is 5.75 Å². The molecular formula is C16H15ClN2O2S. The van der Waals surface area contributed by atoms with E-state index in [4.69, 9.17) is 11.6 Å². The summed E-state index contributed by atoms with van der Waals surface area (Å²) in [6.07, 6.45) is 0. The van der Waals surface area contributed by atoms with E-state index in [2.05, 4.69) is 10.9 Å². The van der Waals surface area contributed by atoms with Crippen molar-refractivity contribution in [3.63, 3.8) is 0 Å². The van der Waals surface area contributed by atoms with Gasteiger partial charge in [0.2, 0.25) is 5.91 Å². The minimum absolute atomic E-state index is 0.253. The maximum atomic E-state index is 11.8. The summed E-state index contributed by atoms with van der Waals surface area (Å²) in [6, 6.07) is 16.4. The van der Waals surface area contributed by atoms with Gasteiger partial charge in [-0.15, -0.1) is 11.8 Å². The number of hydrogen-bond donors (Lipinski definition) is 2. The molecule has 0 saturated carbocycles. The van der Waals surface area contributed by atoms with Crippen LogP contribution in [0.5, 0.6) is 0 Å². The molecule has 2 rings (SSSR count). The van der Waals surface area contributed by atoms with E-state index in [-0.39, 0.29) is 11.7 Å². The fourth-order valence-electron chi connectivity index (χ4n) is 1.70. The van der Waals surface area contributed by atoms with E-state index < -0.39 is 5.91 Å². The Morgan fingerprint density at radius 2 is 1.77 bits per heavy atom. The van der Waals surface area contributed by atoms with Crippen LogP contribution < -0.4 is 10.9 Å². The second-order valence-corrected chi connectivity index (χ2v) is 5.91. The van der Waals surface area contributed by atoms with Crippen LogP contribution in [0.15, 0.2) is 54.6 Å². The largest absolute Gasteiger partial charge is 0.272 e. The molecule has 4 nitrogen and oxygen atoms in total. The van der Waals surface area contributed by atoms with Crippen LogP contribution in [-0.2, 0) is 10.5 Å². The number of amides is 2. The third kappa shape index (κ3) is 5.42. The normalized spacial score (nSPS) is 10.0. The Morgan fingerprint density at radius 3 is 2.50 bits per heavy atom. The third-order valence-electron chi connectivity index (χ3n) is 2.75. The van der Waals surface area contributed by atoms with Crippen molar-refractivity contribution < 1.29 is 9.59 Å². The molecule has 0 bridgehead atoms. The lowest BCUT2D eigenvalue weighted by Gasteiger charge is -2.07. The van der Waals surface area contributed by atoms with E-state index >= 15 is 0 Å². The van der Waals surface area contributed by atoms with Crippen molar-refractivity contribution in [3.8, 4) is 0 Å². The lowest BCUT2D eigenvalue weighted by Crippen LogP contribution is -2.42. The molecule has 0 fully saturated rings. The average Bonchev–Trinajstić information content (AvgIpc) is 2.53. The van der Waals surface area contributed by atoms with Crippen molar-refractivity contribution in [2.24, 2.45) is 0 Å². The zero-order valence-electron chi connectivity index (χ0n) is 11.7. The molecule has 0 aliphatic rings. The number of halogens is 1. The van der Waals surface area contributed by atoms with Gasteiger partial charge in [-0.2, -0.15) is 0 Å². The van der Waals surface area contributed by atoms with Gasteiger partial charge < -0.3 is 0 Å². The second-order valence-electron chi connectivity index (χ2n) is 4.49. The number of carbonyl (C=O) groups excluding carboxylic acids is 2. The molecule has 6 heteroatoms. The van der Waals surface area contributed by atoms with Crippen LogP contribution >= 0.6 is 23.4 Å². The molecule has 114 valence electrons. The maximum Gasteiger partial charge on any atom is 0.269 e. The van der Waals surface area contributed by atoms with Gasteiger partial charge in [0.25, 0.3) is 5.91 Å². The van der Waals surface area contributed by atoms with Crippen molar-refractivity contribution in [3.05, 3.63) is 70.7 Å². The Morgan fingerprint density at radius 1 is 1.00 bits per heavy atom. The maximum absolute atomic E-state index is 11.8. The van der Waals surface area contributed by atoms with Gasteiger partial charge in [0.15, 0.2) is 0 Å². The molecular weight excluding hydrogens is 320 g/mol. The van der Waals surface area contributed by atoms with Gasteiger partial charge >= 0.3 is 0 Å².